The zero-order chi connectivity index (χ0) is 15.6. The standard InChI is InChI=1S/2C6H5.2C3H8O.Ti/c2*1-2-4-6-5-3-1;2*1-3(2)4;/h2*1-5H;2*3-4H,1-2H3;/q2*-1;;;+2. The monoisotopic (exact) mass is 322 g/mol. The van der Waals surface area contributed by atoms with Gasteiger partial charge in [-0.15, -0.1) is 0 Å². The molecule has 3 heteroatoms. The summed E-state index contributed by atoms with van der Waals surface area (Å²) in [6.07, 6.45) is -0.333. The molecule has 114 valence electrons. The number of hydrogen-bond donors (Lipinski definition) is 2. The van der Waals surface area contributed by atoms with Crippen molar-refractivity contribution in [2.45, 2.75) is 39.9 Å². The zero-order valence-corrected chi connectivity index (χ0v) is 14.9. The molecular formula is C18H26O2Ti. The molecule has 0 saturated carbocycles. The molecule has 0 radical (unpaired) electrons. The van der Waals surface area contributed by atoms with Gasteiger partial charge in [-0.25, -0.2) is 0 Å². The third kappa shape index (κ3) is 45.3. The van der Waals surface area contributed by atoms with Crippen LogP contribution in [-0.2, 0) is 21.7 Å². The number of aliphatic hydroxyl groups excluding tert-OH is 2. The van der Waals surface area contributed by atoms with Gasteiger partial charge in [0.25, 0.3) is 0 Å². The topological polar surface area (TPSA) is 40.5 Å². The van der Waals surface area contributed by atoms with Crippen molar-refractivity contribution < 1.29 is 31.9 Å². The SMILES string of the molecule is CC(C)O.CC(C)O.[Ti+2].[c-]1ccccc1.[c-]1ccccc1. The van der Waals surface area contributed by atoms with Crippen molar-refractivity contribution in [2.75, 3.05) is 0 Å². The molecule has 0 bridgehead atoms. The van der Waals surface area contributed by atoms with Gasteiger partial charge in [0.05, 0.1) is 0 Å². The quantitative estimate of drug-likeness (QED) is 0.573. The Kier molecular flexibility index (Phi) is 25.5. The van der Waals surface area contributed by atoms with E-state index in [0.29, 0.717) is 0 Å². The summed E-state index contributed by atoms with van der Waals surface area (Å²) in [6.45, 7) is 6.89. The third-order valence-electron chi connectivity index (χ3n) is 1.21. The van der Waals surface area contributed by atoms with E-state index >= 15 is 0 Å². The first kappa shape index (κ1) is 25.1. The number of rotatable bonds is 0. The predicted octanol–water partition coefficient (Wildman–Crippen LogP) is 3.75. The van der Waals surface area contributed by atoms with Crippen LogP contribution in [0.3, 0.4) is 0 Å². The molecule has 0 spiro atoms. The molecular weight excluding hydrogens is 296 g/mol. The first-order valence-corrected chi connectivity index (χ1v) is 6.65. The summed E-state index contributed by atoms with van der Waals surface area (Å²) in [5.74, 6) is 0. The Hall–Kier alpha value is -0.926. The fourth-order valence-corrected chi connectivity index (χ4v) is 0.684. The molecule has 0 heterocycles. The molecule has 2 rings (SSSR count). The van der Waals surface area contributed by atoms with Crippen LogP contribution >= 0.6 is 0 Å². The van der Waals surface area contributed by atoms with Gasteiger partial charge in [-0.1, -0.05) is 0 Å². The minimum absolute atomic E-state index is 0. The van der Waals surface area contributed by atoms with Crippen LogP contribution < -0.4 is 0 Å². The molecule has 2 nitrogen and oxygen atoms in total. The van der Waals surface area contributed by atoms with Crippen LogP contribution in [0.4, 0.5) is 0 Å². The molecule has 0 unspecified atom stereocenters. The molecule has 2 N–H and O–H groups in total. The minimum atomic E-state index is -0.167. The van der Waals surface area contributed by atoms with Crippen LogP contribution in [0, 0.1) is 12.1 Å². The molecule has 0 aromatic heterocycles. The summed E-state index contributed by atoms with van der Waals surface area (Å²) < 4.78 is 0. The molecule has 0 aliphatic rings. The molecule has 0 aliphatic carbocycles. The number of hydrogen-bond acceptors (Lipinski definition) is 2. The van der Waals surface area contributed by atoms with E-state index in [1.54, 1.807) is 27.7 Å². The van der Waals surface area contributed by atoms with Gasteiger partial charge in [-0.05, 0) is 27.7 Å². The van der Waals surface area contributed by atoms with Crippen LogP contribution in [0.2, 0.25) is 0 Å². The van der Waals surface area contributed by atoms with Crippen LogP contribution in [0.1, 0.15) is 27.7 Å². The normalized spacial score (nSPS) is 8.00. The Morgan fingerprint density at radius 1 is 0.571 bits per heavy atom. The zero-order valence-electron chi connectivity index (χ0n) is 13.3. The molecule has 0 aliphatic heterocycles. The molecule has 0 fully saturated rings. The van der Waals surface area contributed by atoms with Crippen LogP contribution in [-0.4, -0.2) is 22.4 Å². The van der Waals surface area contributed by atoms with Crippen molar-refractivity contribution in [3.8, 4) is 0 Å². The molecule has 0 amide bonds. The van der Waals surface area contributed by atoms with E-state index in [0.717, 1.165) is 0 Å². The van der Waals surface area contributed by atoms with E-state index < -0.39 is 0 Å². The van der Waals surface area contributed by atoms with Gasteiger partial charge >= 0.3 is 21.7 Å². The Morgan fingerprint density at radius 3 is 0.810 bits per heavy atom. The van der Waals surface area contributed by atoms with Crippen LogP contribution in [0.5, 0.6) is 0 Å². The van der Waals surface area contributed by atoms with Crippen molar-refractivity contribution in [1.29, 1.82) is 0 Å². The van der Waals surface area contributed by atoms with Crippen LogP contribution in [0.15, 0.2) is 60.7 Å². The second-order valence-electron chi connectivity index (χ2n) is 4.34. The number of aliphatic hydroxyl groups is 2. The minimum Gasteiger partial charge on any atom is -0.394 e. The van der Waals surface area contributed by atoms with Crippen molar-refractivity contribution in [3.63, 3.8) is 0 Å². The maximum absolute atomic E-state index is 8.06. The van der Waals surface area contributed by atoms with Crippen molar-refractivity contribution in [3.05, 3.63) is 72.8 Å². The van der Waals surface area contributed by atoms with E-state index in [-0.39, 0.29) is 33.9 Å². The summed E-state index contributed by atoms with van der Waals surface area (Å²) >= 11 is 0. The Labute approximate surface area is 144 Å². The van der Waals surface area contributed by atoms with Crippen molar-refractivity contribution in [1.82, 2.24) is 0 Å². The van der Waals surface area contributed by atoms with Gasteiger partial charge < -0.3 is 10.2 Å². The van der Waals surface area contributed by atoms with Crippen molar-refractivity contribution in [2.24, 2.45) is 0 Å². The Balaban J connectivity index is -0.000000208. The molecule has 0 atom stereocenters. The van der Waals surface area contributed by atoms with Gasteiger partial charge in [0.1, 0.15) is 0 Å². The number of benzene rings is 2. The van der Waals surface area contributed by atoms with E-state index in [9.17, 15) is 0 Å². The predicted molar refractivity (Wildman–Crippen MR) is 85.3 cm³/mol. The molecule has 2 aromatic rings. The third-order valence-corrected chi connectivity index (χ3v) is 1.21. The second-order valence-corrected chi connectivity index (χ2v) is 4.34. The average molecular weight is 322 g/mol. The fourth-order valence-electron chi connectivity index (χ4n) is 0.684. The van der Waals surface area contributed by atoms with E-state index in [1.807, 2.05) is 60.7 Å². The second kappa shape index (κ2) is 21.4. The van der Waals surface area contributed by atoms with Gasteiger partial charge in [-0.2, -0.15) is 72.8 Å². The molecule has 2 aromatic carbocycles. The summed E-state index contributed by atoms with van der Waals surface area (Å²) in [7, 11) is 0. The molecule has 21 heavy (non-hydrogen) atoms. The van der Waals surface area contributed by atoms with Gasteiger partial charge in [0.15, 0.2) is 0 Å². The molecule has 0 saturated heterocycles. The fraction of sp³-hybridized carbons (Fsp3) is 0.333. The maximum Gasteiger partial charge on any atom is 2.00 e. The van der Waals surface area contributed by atoms with E-state index in [4.69, 9.17) is 10.2 Å². The average Bonchev–Trinajstić information content (AvgIpc) is 2.42. The van der Waals surface area contributed by atoms with Gasteiger partial charge in [-0.3, -0.25) is 0 Å². The first-order chi connectivity index (χ1) is 9.46. The van der Waals surface area contributed by atoms with Gasteiger partial charge in [0.2, 0.25) is 0 Å². The van der Waals surface area contributed by atoms with Crippen LogP contribution in [0.25, 0.3) is 0 Å². The smallest absolute Gasteiger partial charge is 0.394 e. The Bertz CT molecular complexity index is 254. The summed E-state index contributed by atoms with van der Waals surface area (Å²) in [4.78, 5) is 0. The van der Waals surface area contributed by atoms with E-state index in [2.05, 4.69) is 12.1 Å². The summed E-state index contributed by atoms with van der Waals surface area (Å²) in [5.41, 5.74) is 0. The summed E-state index contributed by atoms with van der Waals surface area (Å²) in [6, 6.07) is 25.0. The summed E-state index contributed by atoms with van der Waals surface area (Å²) in [5, 5.41) is 16.1. The first-order valence-electron chi connectivity index (χ1n) is 6.65. The largest absolute Gasteiger partial charge is 2.00 e. The maximum atomic E-state index is 8.06. The van der Waals surface area contributed by atoms with E-state index in [1.165, 1.54) is 0 Å². The van der Waals surface area contributed by atoms with Crippen molar-refractivity contribution >= 4 is 0 Å². The Morgan fingerprint density at radius 2 is 0.762 bits per heavy atom. The van der Waals surface area contributed by atoms with Gasteiger partial charge in [0, 0.05) is 12.2 Å².